The minimum absolute atomic E-state index is 0.0794. The molecule has 1 aromatic rings. The zero-order valence-corrected chi connectivity index (χ0v) is 10.7. The molecule has 0 unspecified atom stereocenters. The van der Waals surface area contributed by atoms with Crippen molar-refractivity contribution in [2.75, 3.05) is 19.0 Å². The number of unbranched alkanes of at least 4 members (excludes halogenated alkanes) is 1. The molecule has 8 nitrogen and oxygen atoms in total. The molecule has 1 aromatic carbocycles. The monoisotopic (exact) mass is 269 g/mol. The molecule has 0 aliphatic rings. The summed E-state index contributed by atoms with van der Waals surface area (Å²) in [6, 6.07) is 2.34. The van der Waals surface area contributed by atoms with E-state index in [1.807, 2.05) is 6.92 Å². The van der Waals surface area contributed by atoms with Gasteiger partial charge in [-0.3, -0.25) is 20.2 Å². The molecule has 0 heterocycles. The molecule has 0 aliphatic carbocycles. The van der Waals surface area contributed by atoms with E-state index >= 15 is 0 Å². The Morgan fingerprint density at radius 1 is 1.21 bits per heavy atom. The lowest BCUT2D eigenvalue weighted by Crippen LogP contribution is -2.07. The fraction of sp³-hybridized carbons (Fsp3) is 0.455. The lowest BCUT2D eigenvalue weighted by molar-refractivity contribution is -0.392. The van der Waals surface area contributed by atoms with Gasteiger partial charge >= 0.3 is 11.4 Å². The van der Waals surface area contributed by atoms with Crippen molar-refractivity contribution in [3.63, 3.8) is 0 Å². The summed E-state index contributed by atoms with van der Waals surface area (Å²) in [4.78, 5) is 20.6. The fourth-order valence-electron chi connectivity index (χ4n) is 1.56. The number of hydrogen-bond donors (Lipinski definition) is 1. The summed E-state index contributed by atoms with van der Waals surface area (Å²) < 4.78 is 4.84. The van der Waals surface area contributed by atoms with E-state index in [0.29, 0.717) is 6.54 Å². The first-order valence-electron chi connectivity index (χ1n) is 5.76. The zero-order chi connectivity index (χ0) is 14.4. The van der Waals surface area contributed by atoms with Gasteiger partial charge in [-0.25, -0.2) is 0 Å². The van der Waals surface area contributed by atoms with Gasteiger partial charge in [0.2, 0.25) is 0 Å². The lowest BCUT2D eigenvalue weighted by atomic mass is 10.2. The van der Waals surface area contributed by atoms with Crippen molar-refractivity contribution in [1.29, 1.82) is 0 Å². The van der Waals surface area contributed by atoms with Gasteiger partial charge in [-0.15, -0.1) is 0 Å². The summed E-state index contributed by atoms with van der Waals surface area (Å²) in [6.45, 7) is 2.39. The van der Waals surface area contributed by atoms with Crippen molar-refractivity contribution < 1.29 is 14.6 Å². The van der Waals surface area contributed by atoms with Gasteiger partial charge in [-0.05, 0) is 6.42 Å². The summed E-state index contributed by atoms with van der Waals surface area (Å²) >= 11 is 0. The fourth-order valence-corrected chi connectivity index (χ4v) is 1.56. The number of nitrogens with one attached hydrogen (secondary N) is 1. The number of nitrogens with zero attached hydrogens (tertiary/aromatic N) is 2. The summed E-state index contributed by atoms with van der Waals surface area (Å²) in [6.07, 6.45) is 1.64. The Kier molecular flexibility index (Phi) is 5.04. The minimum atomic E-state index is -0.663. The van der Waals surface area contributed by atoms with Gasteiger partial charge < -0.3 is 10.1 Å². The third kappa shape index (κ3) is 3.54. The SMILES string of the molecule is CCCCNc1c([N+](=O)[O-])cc(OC)cc1[N+](=O)[O-]. The molecule has 0 saturated heterocycles. The van der Waals surface area contributed by atoms with Crippen LogP contribution in [-0.2, 0) is 0 Å². The molecule has 8 heteroatoms. The molecule has 0 radical (unpaired) electrons. The standard InChI is InChI=1S/C11H15N3O5/c1-3-4-5-12-11-9(13(15)16)6-8(19-2)7-10(11)14(17)18/h6-7,12H,3-5H2,1-2H3. The third-order valence-electron chi connectivity index (χ3n) is 2.53. The van der Waals surface area contributed by atoms with E-state index < -0.39 is 9.85 Å². The second-order valence-corrected chi connectivity index (χ2v) is 3.84. The Labute approximate surface area is 109 Å². The number of rotatable bonds is 7. The smallest absolute Gasteiger partial charge is 0.303 e. The van der Waals surface area contributed by atoms with Gasteiger partial charge in [0, 0.05) is 6.54 Å². The second kappa shape index (κ2) is 6.53. The van der Waals surface area contributed by atoms with Crippen LogP contribution in [-0.4, -0.2) is 23.5 Å². The van der Waals surface area contributed by atoms with Crippen LogP contribution >= 0.6 is 0 Å². The number of benzene rings is 1. The molecule has 0 amide bonds. The molecule has 0 spiro atoms. The highest BCUT2D eigenvalue weighted by atomic mass is 16.6. The van der Waals surface area contributed by atoms with Gasteiger partial charge in [-0.1, -0.05) is 13.3 Å². The first-order chi connectivity index (χ1) is 9.01. The largest absolute Gasteiger partial charge is 0.496 e. The van der Waals surface area contributed by atoms with Crippen molar-refractivity contribution in [1.82, 2.24) is 0 Å². The van der Waals surface area contributed by atoms with Crippen molar-refractivity contribution in [2.45, 2.75) is 19.8 Å². The van der Waals surface area contributed by atoms with Gasteiger partial charge in [0.05, 0.1) is 29.1 Å². The predicted octanol–water partition coefficient (Wildman–Crippen LogP) is 2.72. The lowest BCUT2D eigenvalue weighted by Gasteiger charge is -2.08. The molecule has 0 aliphatic heterocycles. The molecule has 0 aromatic heterocycles. The molecular formula is C11H15N3O5. The van der Waals surface area contributed by atoms with Crippen molar-refractivity contribution in [2.24, 2.45) is 0 Å². The van der Waals surface area contributed by atoms with Gasteiger partial charge in [0.25, 0.3) is 0 Å². The second-order valence-electron chi connectivity index (χ2n) is 3.84. The summed E-state index contributed by atoms with van der Waals surface area (Å²) in [5.41, 5.74) is -0.798. The van der Waals surface area contributed by atoms with Crippen LogP contribution in [0.1, 0.15) is 19.8 Å². The Bertz CT molecular complexity index is 454. The first kappa shape index (κ1) is 14.7. The summed E-state index contributed by atoms with van der Waals surface area (Å²) in [5.74, 6) is 0.0828. The van der Waals surface area contributed by atoms with Gasteiger partial charge in [0.1, 0.15) is 5.75 Å². The van der Waals surface area contributed by atoms with E-state index in [9.17, 15) is 20.2 Å². The van der Waals surface area contributed by atoms with Crippen molar-refractivity contribution in [3.8, 4) is 5.75 Å². The van der Waals surface area contributed by atoms with Crippen molar-refractivity contribution in [3.05, 3.63) is 32.4 Å². The van der Waals surface area contributed by atoms with E-state index in [0.717, 1.165) is 12.8 Å². The van der Waals surface area contributed by atoms with Crippen LogP contribution < -0.4 is 10.1 Å². The van der Waals surface area contributed by atoms with Crippen LogP contribution in [0, 0.1) is 20.2 Å². The molecular weight excluding hydrogens is 254 g/mol. The molecule has 104 valence electrons. The summed E-state index contributed by atoms with van der Waals surface area (Å²) in [5, 5.41) is 24.7. The van der Waals surface area contributed by atoms with Crippen LogP contribution in [0.15, 0.2) is 12.1 Å². The zero-order valence-electron chi connectivity index (χ0n) is 10.7. The predicted molar refractivity (Wildman–Crippen MR) is 69.7 cm³/mol. The average Bonchev–Trinajstić information content (AvgIpc) is 2.38. The number of anilines is 1. The van der Waals surface area contributed by atoms with Gasteiger partial charge in [-0.2, -0.15) is 0 Å². The van der Waals surface area contributed by atoms with E-state index in [1.54, 1.807) is 0 Å². The highest BCUT2D eigenvalue weighted by Crippen LogP contribution is 2.38. The number of hydrogen-bond acceptors (Lipinski definition) is 6. The normalized spacial score (nSPS) is 10.0. The molecule has 1 rings (SSSR count). The number of nitro groups is 2. The third-order valence-corrected chi connectivity index (χ3v) is 2.53. The van der Waals surface area contributed by atoms with E-state index in [4.69, 9.17) is 4.74 Å². The van der Waals surface area contributed by atoms with Gasteiger partial charge in [0.15, 0.2) is 5.69 Å². The maximum atomic E-state index is 11.0. The quantitative estimate of drug-likeness (QED) is 0.463. The topological polar surface area (TPSA) is 108 Å². The Hall–Kier alpha value is -2.38. The minimum Gasteiger partial charge on any atom is -0.496 e. The van der Waals surface area contributed by atoms with Crippen LogP contribution in [0.4, 0.5) is 17.1 Å². The van der Waals surface area contributed by atoms with Crippen LogP contribution in [0.25, 0.3) is 0 Å². The van der Waals surface area contributed by atoms with Crippen molar-refractivity contribution >= 4 is 17.1 Å². The molecule has 0 saturated carbocycles. The Morgan fingerprint density at radius 3 is 2.11 bits per heavy atom. The van der Waals surface area contributed by atoms with E-state index in [2.05, 4.69) is 5.32 Å². The van der Waals surface area contributed by atoms with Crippen LogP contribution in [0.5, 0.6) is 5.75 Å². The molecule has 1 N–H and O–H groups in total. The molecule has 0 bridgehead atoms. The van der Waals surface area contributed by atoms with E-state index in [-0.39, 0.29) is 22.8 Å². The molecule has 19 heavy (non-hydrogen) atoms. The van der Waals surface area contributed by atoms with Crippen LogP contribution in [0.2, 0.25) is 0 Å². The summed E-state index contributed by atoms with van der Waals surface area (Å²) in [7, 11) is 1.30. The highest BCUT2D eigenvalue weighted by molar-refractivity contribution is 5.75. The average molecular weight is 269 g/mol. The first-order valence-corrected chi connectivity index (χ1v) is 5.76. The van der Waals surface area contributed by atoms with E-state index in [1.165, 1.54) is 19.2 Å². The maximum Gasteiger partial charge on any atom is 0.303 e. The number of methoxy groups -OCH3 is 1. The molecule has 0 fully saturated rings. The Balaban J connectivity index is 3.28. The Morgan fingerprint density at radius 2 is 1.74 bits per heavy atom. The number of nitro benzene ring substituents is 2. The molecule has 0 atom stereocenters. The maximum absolute atomic E-state index is 11.0. The highest BCUT2D eigenvalue weighted by Gasteiger charge is 2.26. The van der Waals surface area contributed by atoms with Crippen LogP contribution in [0.3, 0.4) is 0 Å². The number of ether oxygens (including phenoxy) is 1.